The predicted molar refractivity (Wildman–Crippen MR) is 105 cm³/mol. The van der Waals surface area contributed by atoms with Crippen molar-refractivity contribution in [2.24, 2.45) is 0 Å². The zero-order valence-corrected chi connectivity index (χ0v) is 18.2. The molecule has 0 saturated heterocycles. The Hall–Kier alpha value is -1.33. The van der Waals surface area contributed by atoms with Gasteiger partial charge in [0.05, 0.1) is 6.10 Å². The van der Waals surface area contributed by atoms with Crippen molar-refractivity contribution in [1.29, 1.82) is 0 Å². The summed E-state index contributed by atoms with van der Waals surface area (Å²) in [5, 5.41) is -10.8. The fourth-order valence-electron chi connectivity index (χ4n) is 3.90. The third-order valence-electron chi connectivity index (χ3n) is 5.46. The van der Waals surface area contributed by atoms with Crippen LogP contribution in [0.3, 0.4) is 0 Å². The zero-order valence-electron chi connectivity index (χ0n) is 16.6. The van der Waals surface area contributed by atoms with Crippen LogP contribution in [0.15, 0.2) is 42.1 Å². The Morgan fingerprint density at radius 3 is 2.09 bits per heavy atom. The number of nitrogens with zero attached hydrogens (tertiary/aromatic N) is 1. The first-order valence-corrected chi connectivity index (χ1v) is 11.5. The van der Waals surface area contributed by atoms with Crippen LogP contribution in [0.2, 0.25) is 0 Å². The normalized spacial score (nSPS) is 24.9. The smallest absolute Gasteiger partial charge is 0.354 e. The number of hydrogen-bond donors (Lipinski definition) is 0. The van der Waals surface area contributed by atoms with Crippen molar-refractivity contribution in [2.45, 2.75) is 73.6 Å². The summed E-state index contributed by atoms with van der Waals surface area (Å²) in [5.74, 6) is -0.917. The van der Waals surface area contributed by atoms with Crippen LogP contribution >= 0.6 is 11.6 Å². The van der Waals surface area contributed by atoms with Gasteiger partial charge in [-0.2, -0.15) is 30.7 Å². The lowest BCUT2D eigenvalue weighted by molar-refractivity contribution is -0.143. The summed E-state index contributed by atoms with van der Waals surface area (Å²) in [6, 6.07) is 7.96. The second-order valence-corrected chi connectivity index (χ2v) is 9.62. The molecule has 1 aromatic rings. The van der Waals surface area contributed by atoms with Gasteiger partial charge in [0.1, 0.15) is 11.9 Å². The molecule has 0 unspecified atom stereocenters. The van der Waals surface area contributed by atoms with Crippen molar-refractivity contribution < 1.29 is 39.7 Å². The summed E-state index contributed by atoms with van der Waals surface area (Å²) in [6.07, 6.45) is -3.97. The van der Waals surface area contributed by atoms with E-state index in [1.165, 1.54) is 0 Å². The first-order valence-electron chi connectivity index (χ1n) is 9.97. The summed E-state index contributed by atoms with van der Waals surface area (Å²) in [7, 11) is -4.16. The van der Waals surface area contributed by atoms with Crippen molar-refractivity contribution in [3.05, 3.63) is 47.7 Å². The molecule has 0 amide bonds. The lowest BCUT2D eigenvalue weighted by Gasteiger charge is -2.43. The van der Waals surface area contributed by atoms with Crippen LogP contribution in [0.5, 0.6) is 0 Å². The van der Waals surface area contributed by atoms with Crippen molar-refractivity contribution in [1.82, 2.24) is 4.31 Å². The van der Waals surface area contributed by atoms with Crippen LogP contribution in [0.25, 0.3) is 0 Å². The van der Waals surface area contributed by atoms with Gasteiger partial charge in [-0.25, -0.2) is 4.21 Å². The van der Waals surface area contributed by atoms with Gasteiger partial charge in [-0.3, -0.25) is 4.31 Å². The van der Waals surface area contributed by atoms with Crippen molar-refractivity contribution >= 4 is 22.6 Å². The van der Waals surface area contributed by atoms with Crippen LogP contribution < -0.4 is 0 Å². The van der Waals surface area contributed by atoms with Gasteiger partial charge in [0, 0.05) is 12.3 Å². The first kappa shape index (κ1) is 25.3. The molecule has 0 spiro atoms. The van der Waals surface area contributed by atoms with E-state index in [0.29, 0.717) is 24.5 Å². The zero-order chi connectivity index (χ0) is 23.7. The van der Waals surface area contributed by atoms with E-state index in [0.717, 1.165) is 19.3 Å². The SMILES string of the molecule is O=[S@](N1C(C(F)(F)F)=C[C@H](c2ccccc2)C[C@@H]1OC1CCCCC1)C(F)(F)C(F)(F)Cl. The quantitative estimate of drug-likeness (QED) is 0.317. The molecule has 1 saturated carbocycles. The summed E-state index contributed by atoms with van der Waals surface area (Å²) < 4.78 is 115. The van der Waals surface area contributed by atoms with E-state index in [1.807, 2.05) is 0 Å². The maximum atomic E-state index is 14.2. The van der Waals surface area contributed by atoms with Crippen molar-refractivity contribution in [3.63, 3.8) is 0 Å². The van der Waals surface area contributed by atoms with E-state index in [9.17, 15) is 34.9 Å². The molecule has 0 bridgehead atoms. The second kappa shape index (κ2) is 9.50. The maximum Gasteiger partial charge on any atom is 0.431 e. The molecular weight excluding hydrogens is 487 g/mol. The van der Waals surface area contributed by atoms with Gasteiger partial charge in [-0.15, -0.1) is 0 Å². The maximum absolute atomic E-state index is 14.2. The summed E-state index contributed by atoms with van der Waals surface area (Å²) >= 11 is 4.42. The Labute approximate surface area is 188 Å². The molecule has 0 radical (unpaired) electrons. The fraction of sp³-hybridized carbons (Fsp3) is 0.600. The molecule has 0 N–H and O–H groups in total. The van der Waals surface area contributed by atoms with E-state index >= 15 is 0 Å². The van der Waals surface area contributed by atoms with Gasteiger partial charge < -0.3 is 4.74 Å². The molecule has 32 heavy (non-hydrogen) atoms. The van der Waals surface area contributed by atoms with Crippen LogP contribution in [0.1, 0.15) is 50.0 Å². The number of halogens is 8. The van der Waals surface area contributed by atoms with Crippen molar-refractivity contribution in [3.8, 4) is 0 Å². The molecule has 1 fully saturated rings. The molecule has 1 heterocycles. The third-order valence-corrected chi connectivity index (χ3v) is 7.30. The van der Waals surface area contributed by atoms with E-state index in [2.05, 4.69) is 11.6 Å². The monoisotopic (exact) mass is 507 g/mol. The highest BCUT2D eigenvalue weighted by molar-refractivity contribution is 7.84. The number of hydrogen-bond acceptors (Lipinski definition) is 2. The van der Waals surface area contributed by atoms with Crippen LogP contribution in [-0.4, -0.2) is 37.7 Å². The third kappa shape index (κ3) is 5.41. The van der Waals surface area contributed by atoms with Gasteiger partial charge in [0.25, 0.3) is 0 Å². The largest absolute Gasteiger partial charge is 0.431 e. The number of allylic oxidation sites excluding steroid dienone is 2. The molecule has 1 aliphatic carbocycles. The number of alkyl halides is 8. The minimum Gasteiger partial charge on any atom is -0.354 e. The average Bonchev–Trinajstić information content (AvgIpc) is 2.72. The molecule has 1 aromatic carbocycles. The van der Waals surface area contributed by atoms with E-state index < -0.39 is 51.7 Å². The van der Waals surface area contributed by atoms with Crippen molar-refractivity contribution in [2.75, 3.05) is 0 Å². The lowest BCUT2D eigenvalue weighted by Crippen LogP contribution is -2.54. The second-order valence-electron chi connectivity index (χ2n) is 7.74. The molecule has 3 nitrogen and oxygen atoms in total. The lowest BCUT2D eigenvalue weighted by atomic mass is 9.91. The summed E-state index contributed by atoms with van der Waals surface area (Å²) in [6.45, 7) is 0. The highest BCUT2D eigenvalue weighted by Gasteiger charge is 2.64. The number of benzene rings is 1. The molecular formula is C20H21ClF7NO2S. The Morgan fingerprint density at radius 2 is 1.56 bits per heavy atom. The average molecular weight is 508 g/mol. The topological polar surface area (TPSA) is 29.5 Å². The van der Waals surface area contributed by atoms with E-state index in [1.54, 1.807) is 30.3 Å². The van der Waals surface area contributed by atoms with Gasteiger partial charge in [-0.1, -0.05) is 49.6 Å². The van der Waals surface area contributed by atoms with Gasteiger partial charge in [0.15, 0.2) is 0 Å². The number of ether oxygens (including phenoxy) is 1. The number of rotatable bonds is 6. The highest BCUT2D eigenvalue weighted by atomic mass is 35.5. The predicted octanol–water partition coefficient (Wildman–Crippen LogP) is 6.69. The summed E-state index contributed by atoms with van der Waals surface area (Å²) in [5.41, 5.74) is -1.27. The molecule has 2 aliphatic rings. The van der Waals surface area contributed by atoms with Crippen LogP contribution in [0.4, 0.5) is 30.7 Å². The highest BCUT2D eigenvalue weighted by Crippen LogP contribution is 2.48. The standard InChI is InChI=1S/C20H21ClF7NO2S/c21-19(25,26)20(27,28)32(30)29-16(18(22,23)24)11-14(13-7-3-1-4-8-13)12-17(29)31-15-9-5-2-6-10-15/h1,3-4,7-8,11,14-15,17H,2,5-6,9-10,12H2/t14-,17-,32-/m0/s1. The Bertz CT molecular complexity index is 839. The molecule has 3 atom stereocenters. The minimum atomic E-state index is -5.47. The van der Waals surface area contributed by atoms with Crippen LogP contribution in [-0.2, 0) is 15.7 Å². The molecule has 0 aromatic heterocycles. The van der Waals surface area contributed by atoms with E-state index in [4.69, 9.17) is 4.74 Å². The Morgan fingerprint density at radius 1 is 0.969 bits per heavy atom. The van der Waals surface area contributed by atoms with Gasteiger partial charge in [0.2, 0.25) is 11.0 Å². The fourth-order valence-corrected chi connectivity index (χ4v) is 5.24. The first-order chi connectivity index (χ1) is 14.8. The van der Waals surface area contributed by atoms with E-state index in [-0.39, 0.29) is 10.7 Å². The molecule has 180 valence electrons. The van der Waals surface area contributed by atoms with Gasteiger partial charge >= 0.3 is 16.8 Å². The Kier molecular flexibility index (Phi) is 7.51. The molecule has 1 aliphatic heterocycles. The molecule has 3 rings (SSSR count). The minimum absolute atomic E-state index is 0.273. The van der Waals surface area contributed by atoms with Gasteiger partial charge in [-0.05, 0) is 36.1 Å². The Balaban J connectivity index is 2.07. The van der Waals surface area contributed by atoms with Crippen LogP contribution in [0, 0.1) is 0 Å². The molecule has 12 heteroatoms. The summed E-state index contributed by atoms with van der Waals surface area (Å²) in [4.78, 5) is 0.